The lowest BCUT2D eigenvalue weighted by atomic mass is 10.4. The maximum Gasteiger partial charge on any atom is 0.0898 e. The maximum absolute atomic E-state index is 5.23. The Bertz CT molecular complexity index is 72.1. The lowest BCUT2D eigenvalue weighted by Gasteiger charge is -1.91. The van der Waals surface area contributed by atoms with Crippen LogP contribution in [0, 0.1) is 0 Å². The summed E-state index contributed by atoms with van der Waals surface area (Å²) < 4.78 is 0. The summed E-state index contributed by atoms with van der Waals surface area (Å²) in [6, 6.07) is 0. The SMILES string of the molecule is CC(=CCl)CON. The molecule has 7 heavy (non-hydrogen) atoms. The number of hydrogen-bond donors (Lipinski definition) is 1. The van der Waals surface area contributed by atoms with Crippen LogP contribution in [0.15, 0.2) is 11.1 Å². The molecular weight excluding hydrogens is 114 g/mol. The summed E-state index contributed by atoms with van der Waals surface area (Å²) in [4.78, 5) is 4.24. The Kier molecular flexibility index (Phi) is 4.09. The molecule has 0 heterocycles. The normalized spacial score (nSPS) is 12.1. The van der Waals surface area contributed by atoms with E-state index in [9.17, 15) is 0 Å². The third-order valence-electron chi connectivity index (χ3n) is 0.497. The molecular formula is C4H8ClNO. The van der Waals surface area contributed by atoms with Gasteiger partial charge in [0, 0.05) is 5.54 Å². The lowest BCUT2D eigenvalue weighted by molar-refractivity contribution is 0.161. The predicted molar refractivity (Wildman–Crippen MR) is 29.7 cm³/mol. The molecule has 42 valence electrons. The van der Waals surface area contributed by atoms with Crippen LogP contribution in [0.3, 0.4) is 0 Å². The summed E-state index contributed by atoms with van der Waals surface area (Å²) in [6.07, 6.45) is 0. The highest BCUT2D eigenvalue weighted by molar-refractivity contribution is 6.25. The molecule has 0 aliphatic heterocycles. The van der Waals surface area contributed by atoms with Gasteiger partial charge in [-0.15, -0.1) is 0 Å². The molecule has 0 amide bonds. The second kappa shape index (κ2) is 4.12. The zero-order valence-corrected chi connectivity index (χ0v) is 4.90. The molecule has 3 heteroatoms. The number of hydrogen-bond acceptors (Lipinski definition) is 2. The van der Waals surface area contributed by atoms with Gasteiger partial charge in [0.2, 0.25) is 0 Å². The highest BCUT2D eigenvalue weighted by atomic mass is 35.5. The summed E-state index contributed by atoms with van der Waals surface area (Å²) >= 11 is 5.23. The van der Waals surface area contributed by atoms with E-state index in [1.165, 1.54) is 5.54 Å². The van der Waals surface area contributed by atoms with Crippen molar-refractivity contribution in [1.82, 2.24) is 0 Å². The summed E-state index contributed by atoms with van der Waals surface area (Å²) in [5, 5.41) is 0. The molecule has 2 N–H and O–H groups in total. The molecule has 0 unspecified atom stereocenters. The van der Waals surface area contributed by atoms with Crippen molar-refractivity contribution in [2.45, 2.75) is 6.92 Å². The van der Waals surface area contributed by atoms with E-state index in [0.717, 1.165) is 5.57 Å². The molecule has 0 spiro atoms. The second-order valence-electron chi connectivity index (χ2n) is 1.27. The maximum atomic E-state index is 5.23. The Hall–Kier alpha value is -0.0500. The lowest BCUT2D eigenvalue weighted by Crippen LogP contribution is -2.00. The van der Waals surface area contributed by atoms with E-state index in [1.54, 1.807) is 0 Å². The van der Waals surface area contributed by atoms with Crippen LogP contribution < -0.4 is 5.90 Å². The van der Waals surface area contributed by atoms with Gasteiger partial charge in [-0.25, -0.2) is 5.90 Å². The topological polar surface area (TPSA) is 35.2 Å². The fourth-order valence-electron chi connectivity index (χ4n) is 0.163. The van der Waals surface area contributed by atoms with Gasteiger partial charge in [-0.1, -0.05) is 11.6 Å². The Balaban J connectivity index is 3.17. The minimum absolute atomic E-state index is 0.406. The fourth-order valence-corrected chi connectivity index (χ4v) is 0.226. The summed E-state index contributed by atoms with van der Waals surface area (Å²) in [7, 11) is 0. The van der Waals surface area contributed by atoms with Crippen LogP contribution in [0.2, 0.25) is 0 Å². The molecule has 0 rings (SSSR count). The van der Waals surface area contributed by atoms with Crippen molar-refractivity contribution >= 4 is 11.6 Å². The second-order valence-corrected chi connectivity index (χ2v) is 1.48. The van der Waals surface area contributed by atoms with Crippen molar-refractivity contribution in [1.29, 1.82) is 0 Å². The van der Waals surface area contributed by atoms with Gasteiger partial charge in [-0.3, -0.25) is 0 Å². The Morgan fingerprint density at radius 1 is 2.00 bits per heavy atom. The van der Waals surface area contributed by atoms with Crippen LogP contribution in [0.5, 0.6) is 0 Å². The van der Waals surface area contributed by atoms with Crippen LogP contribution in [0.4, 0.5) is 0 Å². The summed E-state index contributed by atoms with van der Waals surface area (Å²) in [5.74, 6) is 4.71. The zero-order valence-electron chi connectivity index (χ0n) is 4.15. The van der Waals surface area contributed by atoms with Crippen LogP contribution in [-0.2, 0) is 4.84 Å². The Morgan fingerprint density at radius 3 is 2.71 bits per heavy atom. The van der Waals surface area contributed by atoms with Crippen molar-refractivity contribution in [2.24, 2.45) is 5.90 Å². The number of nitrogens with two attached hydrogens (primary N) is 1. The molecule has 0 saturated heterocycles. The van der Waals surface area contributed by atoms with E-state index in [2.05, 4.69) is 4.84 Å². The van der Waals surface area contributed by atoms with E-state index < -0.39 is 0 Å². The van der Waals surface area contributed by atoms with Gasteiger partial charge in [-0.05, 0) is 12.5 Å². The average Bonchev–Trinajstić information content (AvgIpc) is 1.68. The molecule has 0 atom stereocenters. The largest absolute Gasteiger partial charge is 0.300 e. The van der Waals surface area contributed by atoms with E-state index in [4.69, 9.17) is 17.5 Å². The van der Waals surface area contributed by atoms with Crippen LogP contribution in [0.25, 0.3) is 0 Å². The van der Waals surface area contributed by atoms with Gasteiger partial charge in [0.05, 0.1) is 6.61 Å². The fraction of sp³-hybridized carbons (Fsp3) is 0.500. The minimum Gasteiger partial charge on any atom is -0.300 e. The van der Waals surface area contributed by atoms with E-state index in [1.807, 2.05) is 6.92 Å². The molecule has 0 aromatic carbocycles. The van der Waals surface area contributed by atoms with Gasteiger partial charge < -0.3 is 4.84 Å². The monoisotopic (exact) mass is 121 g/mol. The standard InChI is InChI=1S/C4H8ClNO/c1-4(2-5)3-7-6/h2H,3,6H2,1H3. The third kappa shape index (κ3) is 3.79. The Morgan fingerprint density at radius 2 is 2.57 bits per heavy atom. The quantitative estimate of drug-likeness (QED) is 0.554. The first-order chi connectivity index (χ1) is 3.31. The zero-order chi connectivity index (χ0) is 5.70. The number of halogens is 1. The van der Waals surface area contributed by atoms with E-state index in [-0.39, 0.29) is 0 Å². The molecule has 0 aliphatic carbocycles. The predicted octanol–water partition coefficient (Wildman–Crippen LogP) is 1.02. The first-order valence-electron chi connectivity index (χ1n) is 1.88. The molecule has 0 aromatic heterocycles. The summed E-state index contributed by atoms with van der Waals surface area (Å²) in [5.41, 5.74) is 2.36. The van der Waals surface area contributed by atoms with Crippen LogP contribution >= 0.6 is 11.6 Å². The van der Waals surface area contributed by atoms with Crippen molar-refractivity contribution in [3.63, 3.8) is 0 Å². The van der Waals surface area contributed by atoms with Crippen molar-refractivity contribution in [2.75, 3.05) is 6.61 Å². The third-order valence-corrected chi connectivity index (χ3v) is 0.870. The first kappa shape index (κ1) is 6.95. The number of rotatable bonds is 2. The molecule has 0 fully saturated rings. The Labute approximate surface area is 47.9 Å². The highest BCUT2D eigenvalue weighted by Crippen LogP contribution is 1.92. The van der Waals surface area contributed by atoms with Gasteiger partial charge >= 0.3 is 0 Å². The van der Waals surface area contributed by atoms with Gasteiger partial charge in [-0.2, -0.15) is 0 Å². The van der Waals surface area contributed by atoms with E-state index in [0.29, 0.717) is 6.61 Å². The van der Waals surface area contributed by atoms with E-state index >= 15 is 0 Å². The van der Waals surface area contributed by atoms with Crippen LogP contribution in [0.1, 0.15) is 6.92 Å². The van der Waals surface area contributed by atoms with Crippen molar-refractivity contribution in [3.8, 4) is 0 Å². The molecule has 0 radical (unpaired) electrons. The van der Waals surface area contributed by atoms with Crippen LogP contribution in [-0.4, -0.2) is 6.61 Å². The first-order valence-corrected chi connectivity index (χ1v) is 2.32. The van der Waals surface area contributed by atoms with Gasteiger partial charge in [0.15, 0.2) is 0 Å². The average molecular weight is 122 g/mol. The smallest absolute Gasteiger partial charge is 0.0898 e. The highest BCUT2D eigenvalue weighted by Gasteiger charge is 1.81. The molecule has 0 bridgehead atoms. The van der Waals surface area contributed by atoms with Crippen molar-refractivity contribution < 1.29 is 4.84 Å². The molecule has 0 saturated carbocycles. The molecule has 2 nitrogen and oxygen atoms in total. The van der Waals surface area contributed by atoms with Gasteiger partial charge in [0.25, 0.3) is 0 Å². The molecule has 0 aromatic rings. The molecule has 0 aliphatic rings. The van der Waals surface area contributed by atoms with Gasteiger partial charge in [0.1, 0.15) is 0 Å². The minimum atomic E-state index is 0.406. The summed E-state index contributed by atoms with van der Waals surface area (Å²) in [6.45, 7) is 2.24. The van der Waals surface area contributed by atoms with Crippen molar-refractivity contribution in [3.05, 3.63) is 11.1 Å².